The number of hydrogen-bond donors (Lipinski definition) is 0. The zero-order chi connectivity index (χ0) is 11.2. The first kappa shape index (κ1) is 17.4. The fourth-order valence-corrected chi connectivity index (χ4v) is 1.40. The molecule has 0 fully saturated rings. The molecule has 2 rings (SSSR count). The van der Waals surface area contributed by atoms with Crippen LogP contribution < -0.4 is 47.6 Å². The van der Waals surface area contributed by atoms with Gasteiger partial charge in [0.15, 0.2) is 0 Å². The molecule has 2 aromatic carbocycles. The van der Waals surface area contributed by atoms with Gasteiger partial charge in [-0.05, 0) is 5.56 Å². The Kier molecular flexibility index (Phi) is 9.03. The minimum atomic E-state index is -0.261. The Labute approximate surface area is 132 Å². The maximum Gasteiger partial charge on any atom is 1.00 e. The van der Waals surface area contributed by atoms with Crippen molar-refractivity contribution < 1.29 is 47.6 Å². The Morgan fingerprint density at radius 3 is 2.33 bits per heavy atom. The summed E-state index contributed by atoms with van der Waals surface area (Å²) in [7, 11) is 0. The van der Waals surface area contributed by atoms with Gasteiger partial charge in [-0.15, -0.1) is 18.7 Å². The van der Waals surface area contributed by atoms with Crippen molar-refractivity contribution in [1.82, 2.24) is 0 Å². The summed E-state index contributed by atoms with van der Waals surface area (Å²) in [6.07, 6.45) is 0. The molecule has 82 valence electrons. The van der Waals surface area contributed by atoms with Crippen molar-refractivity contribution in [3.8, 4) is 5.75 Å². The van der Waals surface area contributed by atoms with E-state index < -0.39 is 0 Å². The van der Waals surface area contributed by atoms with E-state index in [1.165, 1.54) is 0 Å². The van der Waals surface area contributed by atoms with Gasteiger partial charge in [-0.1, -0.05) is 30.3 Å². The van der Waals surface area contributed by atoms with Crippen LogP contribution in [-0.4, -0.2) is 0 Å². The third kappa shape index (κ3) is 5.36. The Morgan fingerprint density at radius 1 is 0.944 bits per heavy atom. The predicted octanol–water partition coefficient (Wildman–Crippen LogP) is -4.07. The maximum absolute atomic E-state index is 10.7. The summed E-state index contributed by atoms with van der Waals surface area (Å²) >= 11 is 0. The quantitative estimate of drug-likeness (QED) is 0.392. The molecule has 0 unspecified atom stereocenters. The van der Waals surface area contributed by atoms with Gasteiger partial charge in [-0.2, -0.15) is 17.7 Å². The molecular formula is C14H12Li2O2. The molecule has 2 aromatic rings. The van der Waals surface area contributed by atoms with E-state index in [1.807, 2.05) is 42.5 Å². The molecule has 0 heterocycles. The molecule has 0 spiro atoms. The number of benzene rings is 2. The van der Waals surface area contributed by atoms with E-state index >= 15 is 0 Å². The monoisotopic (exact) mass is 226 g/mol. The molecule has 0 aliphatic carbocycles. The topological polar surface area (TPSA) is 32.3 Å². The van der Waals surface area contributed by atoms with Crippen LogP contribution in [0.25, 0.3) is 0 Å². The van der Waals surface area contributed by atoms with Crippen molar-refractivity contribution in [2.75, 3.05) is 0 Å². The van der Waals surface area contributed by atoms with E-state index in [0.717, 1.165) is 5.56 Å². The third-order valence-electron chi connectivity index (χ3n) is 2.22. The predicted molar refractivity (Wildman–Crippen MR) is 59.8 cm³/mol. The Hall–Kier alpha value is -0.605. The van der Waals surface area contributed by atoms with Crippen molar-refractivity contribution in [3.63, 3.8) is 0 Å². The van der Waals surface area contributed by atoms with E-state index in [0.29, 0.717) is 17.9 Å². The van der Waals surface area contributed by atoms with Crippen molar-refractivity contribution in [1.29, 1.82) is 0 Å². The molecule has 18 heavy (non-hydrogen) atoms. The van der Waals surface area contributed by atoms with Crippen LogP contribution in [0.2, 0.25) is 0 Å². The van der Waals surface area contributed by atoms with Gasteiger partial charge < -0.3 is 9.84 Å². The van der Waals surface area contributed by atoms with Crippen molar-refractivity contribution in [2.24, 2.45) is 0 Å². The first-order chi connectivity index (χ1) is 7.88. The molecule has 0 N–H and O–H groups in total. The fraction of sp³-hybridized carbons (Fsp3) is 0.143. The van der Waals surface area contributed by atoms with Gasteiger partial charge in [0.05, 0.1) is 0 Å². The zero-order valence-corrected chi connectivity index (χ0v) is 10.8. The van der Waals surface area contributed by atoms with Crippen molar-refractivity contribution in [2.45, 2.75) is 13.2 Å². The second kappa shape index (κ2) is 9.34. The van der Waals surface area contributed by atoms with E-state index in [9.17, 15) is 5.11 Å². The van der Waals surface area contributed by atoms with Crippen LogP contribution in [0.3, 0.4) is 0 Å². The van der Waals surface area contributed by atoms with Crippen LogP contribution in [0.15, 0.2) is 48.5 Å². The van der Waals surface area contributed by atoms with Crippen LogP contribution in [-0.2, 0) is 13.2 Å². The standard InChI is InChI=1S/C14H12O2.2Li/c15-10-13-7-4-8-14(9-13)16-11-12-5-2-1-3-6-12;;/h1-8H,10-11H2;;/q-2;2*+1. The summed E-state index contributed by atoms with van der Waals surface area (Å²) in [4.78, 5) is 0. The number of rotatable bonds is 4. The second-order valence-corrected chi connectivity index (χ2v) is 3.46. The van der Waals surface area contributed by atoms with Gasteiger partial charge in [-0.25, -0.2) is 0 Å². The molecule has 0 atom stereocenters. The molecule has 0 aliphatic rings. The number of ether oxygens (including phenoxy) is 1. The van der Waals surface area contributed by atoms with E-state index in [2.05, 4.69) is 6.07 Å². The third-order valence-corrected chi connectivity index (χ3v) is 2.22. The normalized spacial score (nSPS) is 8.94. The largest absolute Gasteiger partial charge is 1.00 e. The van der Waals surface area contributed by atoms with Gasteiger partial charge in [0.25, 0.3) is 0 Å². The molecule has 0 radical (unpaired) electrons. The van der Waals surface area contributed by atoms with Gasteiger partial charge in [0, 0.05) is 5.75 Å². The fourth-order valence-electron chi connectivity index (χ4n) is 1.40. The smallest absolute Gasteiger partial charge is 0.853 e. The molecule has 0 amide bonds. The molecule has 0 saturated heterocycles. The minimum Gasteiger partial charge on any atom is -0.853 e. The van der Waals surface area contributed by atoms with Crippen LogP contribution in [0.4, 0.5) is 0 Å². The van der Waals surface area contributed by atoms with Crippen molar-refractivity contribution >= 4 is 0 Å². The van der Waals surface area contributed by atoms with Crippen LogP contribution in [0.1, 0.15) is 11.1 Å². The van der Waals surface area contributed by atoms with E-state index in [1.54, 1.807) is 6.07 Å². The zero-order valence-electron chi connectivity index (χ0n) is 10.8. The average Bonchev–Trinajstić information content (AvgIpc) is 2.38. The average molecular weight is 226 g/mol. The van der Waals surface area contributed by atoms with Crippen LogP contribution >= 0.6 is 0 Å². The minimum absolute atomic E-state index is 0. The van der Waals surface area contributed by atoms with E-state index in [4.69, 9.17) is 4.74 Å². The van der Waals surface area contributed by atoms with Crippen molar-refractivity contribution in [3.05, 3.63) is 65.7 Å². The van der Waals surface area contributed by atoms with E-state index in [-0.39, 0.29) is 44.3 Å². The van der Waals surface area contributed by atoms with Gasteiger partial charge in [0.2, 0.25) is 0 Å². The molecule has 0 aromatic heterocycles. The summed E-state index contributed by atoms with van der Waals surface area (Å²) < 4.78 is 5.54. The molecule has 0 saturated carbocycles. The molecule has 0 aliphatic heterocycles. The van der Waals surface area contributed by atoms with Gasteiger partial charge >= 0.3 is 37.7 Å². The SMILES string of the molecule is [Li+].[Li+].[O-]Cc1[c-]c(OCc2ccccc2)ccc1. The molecule has 4 heteroatoms. The molecule has 0 bridgehead atoms. The second-order valence-electron chi connectivity index (χ2n) is 3.46. The summed E-state index contributed by atoms with van der Waals surface area (Å²) in [6.45, 7) is 0.238. The first-order valence-electron chi connectivity index (χ1n) is 5.14. The molecular weight excluding hydrogens is 214 g/mol. The number of hydrogen-bond acceptors (Lipinski definition) is 2. The van der Waals surface area contributed by atoms with Gasteiger partial charge in [0.1, 0.15) is 6.61 Å². The summed E-state index contributed by atoms with van der Waals surface area (Å²) in [6, 6.07) is 18.2. The summed E-state index contributed by atoms with van der Waals surface area (Å²) in [5.41, 5.74) is 1.73. The maximum atomic E-state index is 10.7. The summed E-state index contributed by atoms with van der Waals surface area (Å²) in [5.74, 6) is 0.622. The Bertz CT molecular complexity index is 447. The first-order valence-corrected chi connectivity index (χ1v) is 5.14. The molecule has 2 nitrogen and oxygen atoms in total. The van der Waals surface area contributed by atoms with Crippen LogP contribution in [0, 0.1) is 6.07 Å². The van der Waals surface area contributed by atoms with Crippen LogP contribution in [0.5, 0.6) is 5.75 Å². The Balaban J connectivity index is 0.00000144. The summed E-state index contributed by atoms with van der Waals surface area (Å²) in [5, 5.41) is 10.7. The van der Waals surface area contributed by atoms with Gasteiger partial charge in [-0.3, -0.25) is 0 Å². The Morgan fingerprint density at radius 2 is 1.67 bits per heavy atom.